The van der Waals surface area contributed by atoms with E-state index in [1.165, 1.54) is 38.9 Å². The minimum atomic E-state index is -0.852. The summed E-state index contributed by atoms with van der Waals surface area (Å²) in [5.74, 6) is 0.171. The Kier molecular flexibility index (Phi) is 5.39. The van der Waals surface area contributed by atoms with Crippen molar-refractivity contribution < 1.29 is 18.3 Å². The molecule has 0 aromatic heterocycles. The van der Waals surface area contributed by atoms with Gasteiger partial charge in [0, 0.05) is 5.39 Å². The molecular formula is C24H28F2O2. The Labute approximate surface area is 165 Å². The maximum absolute atomic E-state index is 15.0. The molecule has 4 atom stereocenters. The highest BCUT2D eigenvalue weighted by molar-refractivity contribution is 5.95. The number of esters is 1. The van der Waals surface area contributed by atoms with Crippen molar-refractivity contribution in [1.29, 1.82) is 0 Å². The van der Waals surface area contributed by atoms with E-state index in [1.54, 1.807) is 18.2 Å². The average molecular weight is 386 g/mol. The van der Waals surface area contributed by atoms with Crippen molar-refractivity contribution in [3.8, 4) is 0 Å². The second-order valence-corrected chi connectivity index (χ2v) is 8.64. The van der Waals surface area contributed by atoms with Crippen LogP contribution in [0.4, 0.5) is 8.78 Å². The standard InChI is InChI=1S/C24H28F2O2/c1-3-14-4-5-16-11-17(7-6-15(16)10-14)20-12-18-8-9-19(24(27)28-2)13-21(18)23(26)22(20)25/h8-9,12-17H,3-7,10-11H2,1-2H3. The van der Waals surface area contributed by atoms with Crippen molar-refractivity contribution in [3.63, 3.8) is 0 Å². The third-order valence-corrected chi connectivity index (χ3v) is 7.21. The first kappa shape index (κ1) is 19.4. The molecule has 2 aromatic carbocycles. The fourth-order valence-corrected chi connectivity index (χ4v) is 5.53. The van der Waals surface area contributed by atoms with Gasteiger partial charge in [0.2, 0.25) is 0 Å². The Morgan fingerprint density at radius 2 is 1.79 bits per heavy atom. The summed E-state index contributed by atoms with van der Waals surface area (Å²) < 4.78 is 34.5. The SMILES string of the molecule is CCC1CCC2CC(c3cc4ccc(C(=O)OC)cc4c(F)c3F)CCC2C1. The predicted octanol–water partition coefficient (Wildman–Crippen LogP) is 6.61. The molecule has 4 rings (SSSR count). The van der Waals surface area contributed by atoms with Crippen LogP contribution >= 0.6 is 0 Å². The first-order chi connectivity index (χ1) is 13.5. The zero-order valence-electron chi connectivity index (χ0n) is 16.6. The van der Waals surface area contributed by atoms with Crippen molar-refractivity contribution >= 4 is 16.7 Å². The molecule has 28 heavy (non-hydrogen) atoms. The number of carbonyl (C=O) groups is 1. The number of fused-ring (bicyclic) bond motifs is 2. The summed E-state index contributed by atoms with van der Waals surface area (Å²) in [6.07, 6.45) is 8.06. The van der Waals surface area contributed by atoms with Crippen LogP contribution in [0.25, 0.3) is 10.8 Å². The van der Waals surface area contributed by atoms with Crippen molar-refractivity contribution in [2.24, 2.45) is 17.8 Å². The number of carbonyl (C=O) groups excluding carboxylic acids is 1. The fraction of sp³-hybridized carbons (Fsp3) is 0.542. The summed E-state index contributed by atoms with van der Waals surface area (Å²) in [6.45, 7) is 2.27. The molecule has 4 unspecified atom stereocenters. The van der Waals surface area contributed by atoms with Crippen LogP contribution in [-0.2, 0) is 4.74 Å². The van der Waals surface area contributed by atoms with E-state index in [1.807, 2.05) is 0 Å². The van der Waals surface area contributed by atoms with E-state index in [9.17, 15) is 13.6 Å². The zero-order chi connectivity index (χ0) is 19.8. The zero-order valence-corrected chi connectivity index (χ0v) is 16.6. The van der Waals surface area contributed by atoms with E-state index in [-0.39, 0.29) is 16.9 Å². The number of hydrogen-bond donors (Lipinski definition) is 0. The van der Waals surface area contributed by atoms with E-state index in [4.69, 9.17) is 0 Å². The highest BCUT2D eigenvalue weighted by Gasteiger charge is 2.36. The normalized spacial score (nSPS) is 27.4. The highest BCUT2D eigenvalue weighted by atomic mass is 19.2. The van der Waals surface area contributed by atoms with Gasteiger partial charge in [0.1, 0.15) is 0 Å². The van der Waals surface area contributed by atoms with Crippen LogP contribution < -0.4 is 0 Å². The van der Waals surface area contributed by atoms with Crippen molar-refractivity contribution in [3.05, 3.63) is 47.0 Å². The molecule has 2 aliphatic carbocycles. The van der Waals surface area contributed by atoms with Crippen LogP contribution in [0.1, 0.15) is 73.7 Å². The van der Waals surface area contributed by atoms with Crippen LogP contribution in [0.15, 0.2) is 24.3 Å². The first-order valence-corrected chi connectivity index (χ1v) is 10.5. The Hall–Kier alpha value is -1.97. The second kappa shape index (κ2) is 7.81. The molecule has 0 bridgehead atoms. The summed E-state index contributed by atoms with van der Waals surface area (Å²) in [5.41, 5.74) is 0.737. The molecule has 2 aliphatic rings. The van der Waals surface area contributed by atoms with Gasteiger partial charge in [-0.15, -0.1) is 0 Å². The molecule has 2 nitrogen and oxygen atoms in total. The Bertz CT molecular complexity index is 892. The third-order valence-electron chi connectivity index (χ3n) is 7.21. The van der Waals surface area contributed by atoms with E-state index in [2.05, 4.69) is 11.7 Å². The average Bonchev–Trinajstić information content (AvgIpc) is 2.74. The molecule has 2 aromatic rings. The van der Waals surface area contributed by atoms with E-state index >= 15 is 0 Å². The lowest BCUT2D eigenvalue weighted by molar-refractivity contribution is 0.0601. The van der Waals surface area contributed by atoms with E-state index in [0.29, 0.717) is 16.9 Å². The number of ether oxygens (including phenoxy) is 1. The van der Waals surface area contributed by atoms with Crippen LogP contribution in [0.5, 0.6) is 0 Å². The van der Waals surface area contributed by atoms with Gasteiger partial charge in [0.05, 0.1) is 12.7 Å². The van der Waals surface area contributed by atoms with Gasteiger partial charge in [-0.05, 0) is 84.9 Å². The first-order valence-electron chi connectivity index (χ1n) is 10.5. The Balaban J connectivity index is 1.63. The molecule has 150 valence electrons. The smallest absolute Gasteiger partial charge is 0.337 e. The summed E-state index contributed by atoms with van der Waals surface area (Å²) in [6, 6.07) is 6.47. The van der Waals surface area contributed by atoms with Gasteiger partial charge in [-0.25, -0.2) is 13.6 Å². The monoisotopic (exact) mass is 386 g/mol. The summed E-state index contributed by atoms with van der Waals surface area (Å²) in [7, 11) is 1.27. The van der Waals surface area contributed by atoms with Gasteiger partial charge < -0.3 is 4.74 Å². The third kappa shape index (κ3) is 3.42. The number of methoxy groups -OCH3 is 1. The minimum absolute atomic E-state index is 0.0820. The molecule has 2 fully saturated rings. The number of rotatable bonds is 3. The van der Waals surface area contributed by atoms with Gasteiger partial charge >= 0.3 is 5.97 Å². The van der Waals surface area contributed by atoms with Crippen molar-refractivity contribution in [1.82, 2.24) is 0 Å². The lowest BCUT2D eigenvalue weighted by Crippen LogP contribution is -2.30. The molecule has 2 saturated carbocycles. The highest BCUT2D eigenvalue weighted by Crippen LogP contribution is 2.49. The van der Waals surface area contributed by atoms with Crippen LogP contribution in [-0.4, -0.2) is 13.1 Å². The van der Waals surface area contributed by atoms with Gasteiger partial charge in [0.25, 0.3) is 0 Å². The molecular weight excluding hydrogens is 358 g/mol. The molecule has 0 radical (unpaired) electrons. The molecule has 0 heterocycles. The van der Waals surface area contributed by atoms with Gasteiger partial charge in [0.15, 0.2) is 11.6 Å². The summed E-state index contributed by atoms with van der Waals surface area (Å²) in [5, 5.41) is 0.777. The Morgan fingerprint density at radius 3 is 2.54 bits per heavy atom. The summed E-state index contributed by atoms with van der Waals surface area (Å²) in [4.78, 5) is 11.7. The second-order valence-electron chi connectivity index (χ2n) is 8.64. The van der Waals surface area contributed by atoms with E-state index in [0.717, 1.165) is 31.1 Å². The van der Waals surface area contributed by atoms with Crippen LogP contribution in [0.3, 0.4) is 0 Å². The molecule has 0 saturated heterocycles. The van der Waals surface area contributed by atoms with Crippen molar-refractivity contribution in [2.45, 2.75) is 57.8 Å². The lowest BCUT2D eigenvalue weighted by atomic mass is 9.63. The van der Waals surface area contributed by atoms with Crippen LogP contribution in [0.2, 0.25) is 0 Å². The van der Waals surface area contributed by atoms with Crippen molar-refractivity contribution in [2.75, 3.05) is 7.11 Å². The summed E-state index contributed by atoms with van der Waals surface area (Å²) >= 11 is 0. The lowest BCUT2D eigenvalue weighted by Gasteiger charge is -2.42. The quantitative estimate of drug-likeness (QED) is 0.555. The topological polar surface area (TPSA) is 26.3 Å². The maximum Gasteiger partial charge on any atom is 0.337 e. The van der Waals surface area contributed by atoms with Crippen LogP contribution in [0, 0.1) is 29.4 Å². The minimum Gasteiger partial charge on any atom is -0.465 e. The number of halogens is 2. The molecule has 0 spiro atoms. The largest absolute Gasteiger partial charge is 0.465 e. The Morgan fingerprint density at radius 1 is 1.04 bits per heavy atom. The number of hydrogen-bond acceptors (Lipinski definition) is 2. The number of benzene rings is 2. The molecule has 4 heteroatoms. The van der Waals surface area contributed by atoms with Gasteiger partial charge in [-0.1, -0.05) is 25.8 Å². The fourth-order valence-electron chi connectivity index (χ4n) is 5.53. The molecule has 0 amide bonds. The van der Waals surface area contributed by atoms with Gasteiger partial charge in [-0.3, -0.25) is 0 Å². The van der Waals surface area contributed by atoms with E-state index < -0.39 is 17.6 Å². The molecule has 0 N–H and O–H groups in total. The van der Waals surface area contributed by atoms with Gasteiger partial charge in [-0.2, -0.15) is 0 Å². The molecule has 0 aliphatic heterocycles. The predicted molar refractivity (Wildman–Crippen MR) is 106 cm³/mol. The maximum atomic E-state index is 15.0.